The molecule has 0 bridgehead atoms. The van der Waals surface area contributed by atoms with Gasteiger partial charge in [-0.05, 0) is 54.9 Å². The number of benzene rings is 1. The minimum Gasteiger partial charge on any atom is -0.497 e. The van der Waals surface area contributed by atoms with E-state index in [-0.39, 0.29) is 17.9 Å². The molecule has 1 saturated carbocycles. The first-order chi connectivity index (χ1) is 16.1. The number of aromatic nitrogens is 1. The number of nitrogens with zero attached hydrogens (tertiary/aromatic N) is 2. The number of urea groups is 1. The summed E-state index contributed by atoms with van der Waals surface area (Å²) in [6.45, 7) is 5.84. The van der Waals surface area contributed by atoms with Crippen LogP contribution < -0.4 is 15.4 Å². The van der Waals surface area contributed by atoms with Crippen molar-refractivity contribution in [3.63, 3.8) is 0 Å². The Kier molecular flexibility index (Phi) is 6.53. The Hall–Kier alpha value is -3.14. The summed E-state index contributed by atoms with van der Waals surface area (Å²) in [5.41, 5.74) is 0.423. The molecule has 2 fully saturated rings. The van der Waals surface area contributed by atoms with E-state index in [0.29, 0.717) is 29.6 Å². The molecular weight excluding hydrogens is 456 g/mol. The Bertz CT molecular complexity index is 1080. The third-order valence-electron chi connectivity index (χ3n) is 6.19. The Balaban J connectivity index is 1.31. The summed E-state index contributed by atoms with van der Waals surface area (Å²) in [4.78, 5) is 43.6. The number of rotatable bonds is 7. The largest absolute Gasteiger partial charge is 0.497 e. The van der Waals surface area contributed by atoms with E-state index in [1.807, 2.05) is 24.3 Å². The fourth-order valence-corrected chi connectivity index (χ4v) is 5.92. The lowest BCUT2D eigenvalue weighted by Crippen LogP contribution is -2.54. The van der Waals surface area contributed by atoms with Crippen LogP contribution in [0.2, 0.25) is 0 Å². The van der Waals surface area contributed by atoms with Gasteiger partial charge in [-0.1, -0.05) is 20.8 Å². The van der Waals surface area contributed by atoms with Gasteiger partial charge in [-0.3, -0.25) is 14.5 Å². The quantitative estimate of drug-likeness (QED) is 0.448. The number of carbonyl (C=O) groups is 3. The SMILES string of the molecule is COc1ccc(Nc2nc(COC(=O)CN3C(=O)N[C@@]4(C[C@H](C)CC(C)(C)C4)C3=O)cs2)cc1. The third-order valence-corrected chi connectivity index (χ3v) is 6.99. The number of hydrogen-bond acceptors (Lipinski definition) is 8. The van der Waals surface area contributed by atoms with Gasteiger partial charge in [0.1, 0.15) is 24.4 Å². The Morgan fingerprint density at radius 2 is 2.00 bits per heavy atom. The summed E-state index contributed by atoms with van der Waals surface area (Å²) >= 11 is 1.38. The fraction of sp³-hybridized carbons (Fsp3) is 0.500. The molecule has 1 aliphatic heterocycles. The van der Waals surface area contributed by atoms with Crippen LogP contribution in [-0.4, -0.2) is 47.0 Å². The highest BCUT2D eigenvalue weighted by atomic mass is 32.1. The summed E-state index contributed by atoms with van der Waals surface area (Å²) < 4.78 is 10.5. The zero-order valence-electron chi connectivity index (χ0n) is 19.8. The maximum atomic E-state index is 13.2. The number of nitrogens with one attached hydrogen (secondary N) is 2. The van der Waals surface area contributed by atoms with Crippen molar-refractivity contribution >= 4 is 40.1 Å². The molecule has 0 radical (unpaired) electrons. The number of hydrogen-bond donors (Lipinski definition) is 2. The Labute approximate surface area is 202 Å². The normalized spacial score (nSPS) is 23.6. The average molecular weight is 487 g/mol. The number of amides is 3. The van der Waals surface area contributed by atoms with Crippen molar-refractivity contribution in [1.82, 2.24) is 15.2 Å². The van der Waals surface area contributed by atoms with Crippen LogP contribution in [0.1, 0.15) is 45.7 Å². The Morgan fingerprint density at radius 1 is 1.26 bits per heavy atom. The predicted octanol–water partition coefficient (Wildman–Crippen LogP) is 4.08. The summed E-state index contributed by atoms with van der Waals surface area (Å²) in [6, 6.07) is 6.89. The lowest BCUT2D eigenvalue weighted by atomic mass is 9.64. The lowest BCUT2D eigenvalue weighted by molar-refractivity contribution is -0.149. The van der Waals surface area contributed by atoms with E-state index < -0.39 is 24.1 Å². The molecule has 1 spiro atoms. The molecule has 1 aromatic carbocycles. The van der Waals surface area contributed by atoms with Gasteiger partial charge in [0.2, 0.25) is 0 Å². The van der Waals surface area contributed by atoms with Crippen molar-refractivity contribution in [3.8, 4) is 5.75 Å². The van der Waals surface area contributed by atoms with Gasteiger partial charge in [0.15, 0.2) is 5.13 Å². The minimum absolute atomic E-state index is 0.0432. The first-order valence-corrected chi connectivity index (χ1v) is 12.1. The zero-order chi connectivity index (χ0) is 24.5. The number of methoxy groups -OCH3 is 1. The minimum atomic E-state index is -0.935. The molecule has 2 heterocycles. The van der Waals surface area contributed by atoms with Gasteiger partial charge < -0.3 is 20.1 Å². The van der Waals surface area contributed by atoms with Crippen molar-refractivity contribution in [3.05, 3.63) is 35.3 Å². The van der Waals surface area contributed by atoms with Crippen LogP contribution in [0.5, 0.6) is 5.75 Å². The van der Waals surface area contributed by atoms with E-state index >= 15 is 0 Å². The molecule has 2 aliphatic rings. The van der Waals surface area contributed by atoms with E-state index in [1.54, 1.807) is 12.5 Å². The second kappa shape index (κ2) is 9.25. The smallest absolute Gasteiger partial charge is 0.326 e. The zero-order valence-corrected chi connectivity index (χ0v) is 20.7. The topological polar surface area (TPSA) is 110 Å². The van der Waals surface area contributed by atoms with Crippen LogP contribution in [-0.2, 0) is 20.9 Å². The van der Waals surface area contributed by atoms with Crippen molar-refractivity contribution in [2.24, 2.45) is 11.3 Å². The van der Waals surface area contributed by atoms with Crippen LogP contribution in [0, 0.1) is 11.3 Å². The second-order valence-electron chi connectivity index (χ2n) is 9.92. The van der Waals surface area contributed by atoms with Gasteiger partial charge in [-0.25, -0.2) is 9.78 Å². The molecule has 0 unspecified atom stereocenters. The average Bonchev–Trinajstić information content (AvgIpc) is 3.29. The van der Waals surface area contributed by atoms with Crippen molar-refractivity contribution in [2.45, 2.75) is 52.2 Å². The molecule has 34 heavy (non-hydrogen) atoms. The first-order valence-electron chi connectivity index (χ1n) is 11.2. The van der Waals surface area contributed by atoms with Crippen molar-refractivity contribution in [1.29, 1.82) is 0 Å². The van der Waals surface area contributed by atoms with Gasteiger partial charge >= 0.3 is 12.0 Å². The molecule has 1 aliphatic carbocycles. The van der Waals surface area contributed by atoms with E-state index in [2.05, 4.69) is 36.4 Å². The maximum absolute atomic E-state index is 13.2. The number of anilines is 2. The summed E-state index contributed by atoms with van der Waals surface area (Å²) in [5, 5.41) is 8.49. The van der Waals surface area contributed by atoms with Gasteiger partial charge in [0.05, 0.1) is 12.8 Å². The van der Waals surface area contributed by atoms with Crippen molar-refractivity contribution < 1.29 is 23.9 Å². The number of esters is 1. The number of ether oxygens (including phenoxy) is 2. The predicted molar refractivity (Wildman–Crippen MR) is 128 cm³/mol. The molecule has 4 rings (SSSR count). The van der Waals surface area contributed by atoms with Crippen LogP contribution in [0.3, 0.4) is 0 Å². The highest BCUT2D eigenvalue weighted by molar-refractivity contribution is 7.13. The molecule has 182 valence electrons. The van der Waals surface area contributed by atoms with E-state index in [4.69, 9.17) is 9.47 Å². The highest BCUT2D eigenvalue weighted by Gasteiger charge is 2.56. The molecular formula is C24H30N4O5S. The Morgan fingerprint density at radius 3 is 2.68 bits per heavy atom. The van der Waals surface area contributed by atoms with Crippen molar-refractivity contribution in [2.75, 3.05) is 19.0 Å². The van der Waals surface area contributed by atoms with Gasteiger partial charge in [-0.15, -0.1) is 11.3 Å². The number of carbonyl (C=O) groups excluding carboxylic acids is 3. The van der Waals surface area contributed by atoms with E-state index in [1.165, 1.54) is 11.3 Å². The molecule has 2 N–H and O–H groups in total. The second-order valence-corrected chi connectivity index (χ2v) is 10.8. The number of thiazole rings is 1. The first kappa shape index (κ1) is 24.0. The van der Waals surface area contributed by atoms with E-state index in [9.17, 15) is 14.4 Å². The summed E-state index contributed by atoms with van der Waals surface area (Å²) in [6.07, 6.45) is 2.13. The molecule has 2 atom stereocenters. The maximum Gasteiger partial charge on any atom is 0.326 e. The monoisotopic (exact) mass is 486 g/mol. The summed E-state index contributed by atoms with van der Waals surface area (Å²) in [5.74, 6) is 0.0652. The van der Waals surface area contributed by atoms with E-state index in [0.717, 1.165) is 22.8 Å². The van der Waals surface area contributed by atoms with Gasteiger partial charge in [-0.2, -0.15) is 0 Å². The third kappa shape index (κ3) is 5.16. The van der Waals surface area contributed by atoms with Gasteiger partial charge in [0, 0.05) is 11.1 Å². The molecule has 2 aromatic rings. The molecule has 3 amide bonds. The van der Waals surface area contributed by atoms with Crippen LogP contribution in [0.15, 0.2) is 29.6 Å². The lowest BCUT2D eigenvalue weighted by Gasteiger charge is -2.43. The molecule has 9 nitrogen and oxygen atoms in total. The van der Waals surface area contributed by atoms with Crippen LogP contribution in [0.25, 0.3) is 0 Å². The molecule has 1 aromatic heterocycles. The standard InChI is InChI=1S/C24H30N4O5S/c1-15-9-23(2,3)14-24(10-15)20(30)28(22(31)27-24)11-19(29)33-12-17-13-34-21(26-17)25-16-5-7-18(32-4)8-6-16/h5-8,13,15H,9-12,14H2,1-4H3,(H,25,26)(H,27,31)/t15-,24-/m1/s1. The highest BCUT2D eigenvalue weighted by Crippen LogP contribution is 2.46. The van der Waals surface area contributed by atoms with Crippen LogP contribution >= 0.6 is 11.3 Å². The molecule has 10 heteroatoms. The summed E-state index contributed by atoms with van der Waals surface area (Å²) in [7, 11) is 1.61. The number of imide groups is 1. The molecule has 1 saturated heterocycles. The van der Waals surface area contributed by atoms with Crippen LogP contribution in [0.4, 0.5) is 15.6 Å². The van der Waals surface area contributed by atoms with Gasteiger partial charge in [0.25, 0.3) is 5.91 Å². The fourth-order valence-electron chi connectivity index (χ4n) is 5.21.